The van der Waals surface area contributed by atoms with Crippen LogP contribution in [0, 0.1) is 0 Å². The molecule has 4 rings (SSSR count). The predicted octanol–water partition coefficient (Wildman–Crippen LogP) is 4.88. The van der Waals surface area contributed by atoms with Gasteiger partial charge in [0.25, 0.3) is 5.56 Å². The highest BCUT2D eigenvalue weighted by Crippen LogP contribution is 2.26. The molecule has 156 valence electrons. The smallest absolute Gasteiger partial charge is 0.318 e. The van der Waals surface area contributed by atoms with Crippen molar-refractivity contribution in [1.82, 2.24) is 15.2 Å². The Balaban J connectivity index is 1.58. The second-order valence-corrected chi connectivity index (χ2v) is 8.75. The Morgan fingerprint density at radius 1 is 1.07 bits per heavy atom. The van der Waals surface area contributed by atoms with E-state index in [-0.39, 0.29) is 23.7 Å². The number of rotatable bonds is 5. The van der Waals surface area contributed by atoms with E-state index < -0.39 is 0 Å². The van der Waals surface area contributed by atoms with Crippen LogP contribution in [0.4, 0.5) is 4.79 Å². The van der Waals surface area contributed by atoms with Crippen LogP contribution in [0.1, 0.15) is 75.8 Å². The fourth-order valence-corrected chi connectivity index (χ4v) is 4.91. The lowest BCUT2D eigenvalue weighted by Gasteiger charge is -2.32. The number of nitrogens with one attached hydrogen (secondary N) is 2. The summed E-state index contributed by atoms with van der Waals surface area (Å²) in [5.41, 5.74) is 2.69. The zero-order valence-electron chi connectivity index (χ0n) is 17.5. The number of benzene rings is 1. The summed E-state index contributed by atoms with van der Waals surface area (Å²) in [4.78, 5) is 30.9. The molecule has 0 aliphatic heterocycles. The number of aromatic nitrogens is 1. The van der Waals surface area contributed by atoms with Crippen LogP contribution in [0.3, 0.4) is 0 Å². The van der Waals surface area contributed by atoms with Crippen molar-refractivity contribution in [2.24, 2.45) is 0 Å². The van der Waals surface area contributed by atoms with Crippen LogP contribution in [0.25, 0.3) is 10.9 Å². The van der Waals surface area contributed by atoms with Crippen molar-refractivity contribution in [2.75, 3.05) is 0 Å². The molecular weight excluding hydrogens is 362 g/mol. The van der Waals surface area contributed by atoms with Gasteiger partial charge in [0.15, 0.2) is 0 Å². The Bertz CT molecular complexity index is 908. The zero-order chi connectivity index (χ0) is 20.2. The Labute approximate surface area is 172 Å². The lowest BCUT2D eigenvalue weighted by atomic mass is 9.96. The molecule has 2 saturated carbocycles. The quantitative estimate of drug-likeness (QED) is 0.758. The molecule has 0 spiro atoms. The fraction of sp³-hybridized carbons (Fsp3) is 0.583. The first-order valence-corrected chi connectivity index (χ1v) is 11.4. The summed E-state index contributed by atoms with van der Waals surface area (Å²) in [6.45, 7) is 2.51. The summed E-state index contributed by atoms with van der Waals surface area (Å²) in [6.07, 6.45) is 11.1. The summed E-state index contributed by atoms with van der Waals surface area (Å²) >= 11 is 0. The van der Waals surface area contributed by atoms with Crippen LogP contribution in [0.15, 0.2) is 29.1 Å². The number of carbonyl (C=O) groups is 1. The number of aryl methyl sites for hydroxylation is 1. The monoisotopic (exact) mass is 395 g/mol. The average Bonchev–Trinajstić information content (AvgIpc) is 3.27. The second kappa shape index (κ2) is 9.02. The normalized spacial score (nSPS) is 18.2. The molecule has 0 unspecified atom stereocenters. The number of hydrogen-bond donors (Lipinski definition) is 2. The van der Waals surface area contributed by atoms with Gasteiger partial charge in [-0.3, -0.25) is 4.79 Å². The molecule has 0 atom stereocenters. The first kappa shape index (κ1) is 20.0. The number of pyridine rings is 1. The predicted molar refractivity (Wildman–Crippen MR) is 117 cm³/mol. The van der Waals surface area contributed by atoms with Crippen LogP contribution >= 0.6 is 0 Å². The van der Waals surface area contributed by atoms with E-state index in [1.54, 1.807) is 0 Å². The zero-order valence-corrected chi connectivity index (χ0v) is 17.5. The van der Waals surface area contributed by atoms with Gasteiger partial charge in [-0.15, -0.1) is 0 Å². The molecule has 1 aromatic heterocycles. The molecule has 1 aromatic carbocycles. The molecular formula is C24H33N3O2. The molecule has 29 heavy (non-hydrogen) atoms. The van der Waals surface area contributed by atoms with Crippen molar-refractivity contribution in [3.8, 4) is 0 Å². The molecule has 5 heteroatoms. The van der Waals surface area contributed by atoms with E-state index in [2.05, 4.69) is 29.4 Å². The minimum atomic E-state index is -0.0878. The van der Waals surface area contributed by atoms with Crippen molar-refractivity contribution in [1.29, 1.82) is 0 Å². The van der Waals surface area contributed by atoms with Gasteiger partial charge in [0.2, 0.25) is 0 Å². The summed E-state index contributed by atoms with van der Waals surface area (Å²) in [5.74, 6) is 0. The first-order chi connectivity index (χ1) is 14.1. The van der Waals surface area contributed by atoms with Crippen LogP contribution < -0.4 is 10.9 Å². The van der Waals surface area contributed by atoms with Crippen molar-refractivity contribution in [3.05, 3.63) is 45.7 Å². The highest BCUT2D eigenvalue weighted by Gasteiger charge is 2.29. The van der Waals surface area contributed by atoms with Gasteiger partial charge in [-0.1, -0.05) is 45.1 Å². The molecule has 2 aliphatic rings. The number of urea groups is 1. The fourth-order valence-electron chi connectivity index (χ4n) is 4.91. The standard InChI is InChI=1S/C24H33N3O2/c1-2-17-12-13-22-18(14-17)15-19(23(28)26-22)16-27(21-10-6-7-11-21)24(29)25-20-8-4-3-5-9-20/h12-15,20-21H,2-11,16H2,1H3,(H,25,29)(H,26,28). The maximum atomic E-state index is 13.2. The average molecular weight is 396 g/mol. The molecule has 2 amide bonds. The molecule has 2 aliphatic carbocycles. The van der Waals surface area contributed by atoms with Gasteiger partial charge in [-0.05, 0) is 61.3 Å². The van der Waals surface area contributed by atoms with E-state index in [1.807, 2.05) is 17.0 Å². The number of H-pyrrole nitrogens is 1. The molecule has 0 bridgehead atoms. The van der Waals surface area contributed by atoms with Crippen molar-refractivity contribution >= 4 is 16.9 Å². The Morgan fingerprint density at radius 3 is 2.52 bits per heavy atom. The van der Waals surface area contributed by atoms with E-state index >= 15 is 0 Å². The van der Waals surface area contributed by atoms with Gasteiger partial charge in [-0.2, -0.15) is 0 Å². The van der Waals surface area contributed by atoms with Crippen molar-refractivity contribution in [2.45, 2.75) is 89.8 Å². The largest absolute Gasteiger partial charge is 0.335 e. The molecule has 1 heterocycles. The van der Waals surface area contributed by atoms with Gasteiger partial charge >= 0.3 is 6.03 Å². The van der Waals surface area contributed by atoms with Gasteiger partial charge in [0.05, 0.1) is 6.54 Å². The minimum absolute atomic E-state index is 0.00519. The number of nitrogens with zero attached hydrogens (tertiary/aromatic N) is 1. The number of amides is 2. The van der Waals surface area contributed by atoms with Crippen LogP contribution in [-0.4, -0.2) is 28.0 Å². The third kappa shape index (κ3) is 4.65. The topological polar surface area (TPSA) is 65.2 Å². The number of carbonyl (C=O) groups excluding carboxylic acids is 1. The Hall–Kier alpha value is -2.30. The third-order valence-electron chi connectivity index (χ3n) is 6.69. The summed E-state index contributed by atoms with van der Waals surface area (Å²) < 4.78 is 0. The lowest BCUT2D eigenvalue weighted by Crippen LogP contribution is -2.49. The maximum absolute atomic E-state index is 13.2. The van der Waals surface area contributed by atoms with Crippen molar-refractivity contribution in [3.63, 3.8) is 0 Å². The summed E-state index contributed by atoms with van der Waals surface area (Å²) in [7, 11) is 0. The van der Waals surface area contributed by atoms with Gasteiger partial charge in [0, 0.05) is 23.2 Å². The van der Waals surface area contributed by atoms with Crippen LogP contribution in [0.5, 0.6) is 0 Å². The van der Waals surface area contributed by atoms with Crippen molar-refractivity contribution < 1.29 is 4.79 Å². The number of fused-ring (bicyclic) bond motifs is 1. The molecule has 0 saturated heterocycles. The van der Waals surface area contributed by atoms with E-state index in [0.717, 1.165) is 55.8 Å². The van der Waals surface area contributed by atoms with Gasteiger partial charge in [-0.25, -0.2) is 4.79 Å². The molecule has 2 aromatic rings. The summed E-state index contributed by atoms with van der Waals surface area (Å²) in [5, 5.41) is 4.31. The Morgan fingerprint density at radius 2 is 1.79 bits per heavy atom. The lowest BCUT2D eigenvalue weighted by molar-refractivity contribution is 0.164. The maximum Gasteiger partial charge on any atom is 0.318 e. The van der Waals surface area contributed by atoms with E-state index in [4.69, 9.17) is 0 Å². The SMILES string of the molecule is CCc1ccc2[nH]c(=O)c(CN(C(=O)NC3CCCCC3)C3CCCC3)cc2c1. The van der Waals surface area contributed by atoms with E-state index in [1.165, 1.54) is 24.8 Å². The molecule has 2 N–H and O–H groups in total. The minimum Gasteiger partial charge on any atom is -0.335 e. The molecule has 2 fully saturated rings. The van der Waals surface area contributed by atoms with E-state index in [0.29, 0.717) is 12.1 Å². The Kier molecular flexibility index (Phi) is 6.22. The number of hydrogen-bond acceptors (Lipinski definition) is 2. The van der Waals surface area contributed by atoms with E-state index in [9.17, 15) is 9.59 Å². The second-order valence-electron chi connectivity index (χ2n) is 8.75. The van der Waals surface area contributed by atoms with Crippen LogP contribution in [-0.2, 0) is 13.0 Å². The number of aromatic amines is 1. The third-order valence-corrected chi connectivity index (χ3v) is 6.69. The summed E-state index contributed by atoms with van der Waals surface area (Å²) in [6, 6.07) is 8.66. The first-order valence-electron chi connectivity index (χ1n) is 11.4. The molecule has 5 nitrogen and oxygen atoms in total. The van der Waals surface area contributed by atoms with Gasteiger partial charge in [0.1, 0.15) is 0 Å². The highest BCUT2D eigenvalue weighted by atomic mass is 16.2. The highest BCUT2D eigenvalue weighted by molar-refractivity contribution is 5.80. The molecule has 0 radical (unpaired) electrons. The van der Waals surface area contributed by atoms with Crippen LogP contribution in [0.2, 0.25) is 0 Å². The van der Waals surface area contributed by atoms with Gasteiger partial charge < -0.3 is 15.2 Å².